The summed E-state index contributed by atoms with van der Waals surface area (Å²) < 4.78 is 10.5. The average molecular weight is 343 g/mol. The van der Waals surface area contributed by atoms with E-state index in [0.29, 0.717) is 6.54 Å². The predicted octanol–water partition coefficient (Wildman–Crippen LogP) is 2.03. The van der Waals surface area contributed by atoms with Crippen LogP contribution in [0.1, 0.15) is 32.6 Å². The number of nitrogens with one attached hydrogen (secondary N) is 1. The van der Waals surface area contributed by atoms with Crippen molar-refractivity contribution in [1.29, 1.82) is 0 Å². The van der Waals surface area contributed by atoms with Gasteiger partial charge in [0.15, 0.2) is 6.04 Å². The van der Waals surface area contributed by atoms with Crippen molar-refractivity contribution in [2.24, 2.45) is 0 Å². The molecule has 7 nitrogen and oxygen atoms in total. The first-order chi connectivity index (χ1) is 10.6. The Kier molecular flexibility index (Phi) is 6.96. The van der Waals surface area contributed by atoms with E-state index in [-0.39, 0.29) is 6.03 Å². The molecular weight excluding hydrogens is 318 g/mol. The smallest absolute Gasteiger partial charge is 0.331 e. The third-order valence-electron chi connectivity index (χ3n) is 2.97. The summed E-state index contributed by atoms with van der Waals surface area (Å²) >= 11 is 1.46. The van der Waals surface area contributed by atoms with Crippen molar-refractivity contribution < 1.29 is 19.1 Å². The number of methoxy groups -OCH3 is 1. The molecule has 1 rings (SSSR count). The van der Waals surface area contributed by atoms with Crippen LogP contribution in [-0.2, 0) is 20.8 Å². The molecule has 0 aliphatic carbocycles. The zero-order valence-corrected chi connectivity index (χ0v) is 15.3. The Bertz CT molecular complexity index is 513. The van der Waals surface area contributed by atoms with Crippen LogP contribution >= 0.6 is 11.3 Å². The minimum absolute atomic E-state index is 0.377. The van der Waals surface area contributed by atoms with Crippen molar-refractivity contribution in [2.45, 2.75) is 52.0 Å². The Morgan fingerprint density at radius 2 is 2.09 bits per heavy atom. The van der Waals surface area contributed by atoms with Crippen LogP contribution in [0.2, 0.25) is 0 Å². The Balaban J connectivity index is 2.72. The van der Waals surface area contributed by atoms with Crippen molar-refractivity contribution in [2.75, 3.05) is 14.2 Å². The molecule has 1 unspecified atom stereocenters. The summed E-state index contributed by atoms with van der Waals surface area (Å²) in [6.45, 7) is 7.80. The maximum absolute atomic E-state index is 12.3. The third-order valence-corrected chi connectivity index (χ3v) is 3.73. The summed E-state index contributed by atoms with van der Waals surface area (Å²) in [5, 5.41) is 2.67. The van der Waals surface area contributed by atoms with Gasteiger partial charge in [0.05, 0.1) is 30.9 Å². The standard InChI is InChI=1S/C15H25N3O4S/c1-10(22-15(2,3)4)12(13(19)21-6)17-14(20)18(5)8-11-7-16-9-23-11/h7,9-10,12H,8H2,1-6H3,(H,17,20)/t10?,12-/m0/s1. The molecule has 0 bridgehead atoms. The number of carbonyl (C=O) groups is 2. The number of esters is 1. The molecule has 1 heterocycles. The summed E-state index contributed by atoms with van der Waals surface area (Å²) in [7, 11) is 2.94. The van der Waals surface area contributed by atoms with Crippen LogP contribution in [0.5, 0.6) is 0 Å². The largest absolute Gasteiger partial charge is 0.467 e. The molecule has 8 heteroatoms. The van der Waals surface area contributed by atoms with E-state index in [4.69, 9.17) is 9.47 Å². The molecular formula is C15H25N3O4S. The first-order valence-corrected chi connectivity index (χ1v) is 8.16. The lowest BCUT2D eigenvalue weighted by Crippen LogP contribution is -2.53. The molecule has 130 valence electrons. The van der Waals surface area contributed by atoms with E-state index in [9.17, 15) is 9.59 Å². The summed E-state index contributed by atoms with van der Waals surface area (Å²) in [4.78, 5) is 30.7. The second kappa shape index (κ2) is 8.26. The van der Waals surface area contributed by atoms with Gasteiger partial charge in [0, 0.05) is 18.1 Å². The molecule has 23 heavy (non-hydrogen) atoms. The molecule has 2 amide bonds. The van der Waals surface area contributed by atoms with Gasteiger partial charge < -0.3 is 19.7 Å². The van der Waals surface area contributed by atoms with Crippen LogP contribution < -0.4 is 5.32 Å². The van der Waals surface area contributed by atoms with Crippen LogP contribution in [0.3, 0.4) is 0 Å². The second-order valence-corrected chi connectivity index (χ2v) is 7.18. The van der Waals surface area contributed by atoms with Crippen LogP contribution in [-0.4, -0.2) is 53.8 Å². The lowest BCUT2D eigenvalue weighted by molar-refractivity contribution is -0.150. The van der Waals surface area contributed by atoms with E-state index in [1.165, 1.54) is 23.3 Å². The van der Waals surface area contributed by atoms with E-state index in [0.717, 1.165) is 4.88 Å². The fourth-order valence-corrected chi connectivity index (χ4v) is 2.64. The number of aromatic nitrogens is 1. The number of ether oxygens (including phenoxy) is 2. The van der Waals surface area contributed by atoms with Gasteiger partial charge in [-0.15, -0.1) is 11.3 Å². The minimum atomic E-state index is -0.879. The molecule has 2 atom stereocenters. The zero-order chi connectivity index (χ0) is 17.6. The summed E-state index contributed by atoms with van der Waals surface area (Å²) in [6, 6.07) is -1.26. The highest BCUT2D eigenvalue weighted by atomic mass is 32.1. The van der Waals surface area contributed by atoms with E-state index in [1.807, 2.05) is 20.8 Å². The maximum Gasteiger partial charge on any atom is 0.331 e. The van der Waals surface area contributed by atoms with Crippen LogP contribution in [0, 0.1) is 0 Å². The monoisotopic (exact) mass is 343 g/mol. The van der Waals surface area contributed by atoms with Gasteiger partial charge in [-0.05, 0) is 27.7 Å². The molecule has 0 radical (unpaired) electrons. The number of rotatable bonds is 6. The summed E-state index contributed by atoms with van der Waals surface area (Å²) in [6.07, 6.45) is 1.18. The second-order valence-electron chi connectivity index (χ2n) is 6.21. The van der Waals surface area contributed by atoms with Gasteiger partial charge in [0.25, 0.3) is 0 Å². The predicted molar refractivity (Wildman–Crippen MR) is 88.2 cm³/mol. The number of nitrogens with zero attached hydrogens (tertiary/aromatic N) is 2. The highest BCUT2D eigenvalue weighted by molar-refractivity contribution is 7.09. The minimum Gasteiger partial charge on any atom is -0.467 e. The van der Waals surface area contributed by atoms with Crippen molar-refractivity contribution in [3.8, 4) is 0 Å². The Hall–Kier alpha value is -1.67. The Labute approximate surface area is 141 Å². The van der Waals surface area contributed by atoms with Crippen molar-refractivity contribution >= 4 is 23.3 Å². The number of urea groups is 1. The molecule has 1 aromatic heterocycles. The van der Waals surface area contributed by atoms with E-state index in [1.54, 1.807) is 25.7 Å². The molecule has 0 aromatic carbocycles. The van der Waals surface area contributed by atoms with E-state index >= 15 is 0 Å². The molecule has 1 N–H and O–H groups in total. The van der Waals surface area contributed by atoms with Gasteiger partial charge in [-0.25, -0.2) is 9.59 Å². The first-order valence-electron chi connectivity index (χ1n) is 7.28. The van der Waals surface area contributed by atoms with Crippen LogP contribution in [0.15, 0.2) is 11.7 Å². The molecule has 0 aliphatic heterocycles. The summed E-state index contributed by atoms with van der Waals surface area (Å²) in [5.41, 5.74) is 1.27. The Morgan fingerprint density at radius 1 is 1.43 bits per heavy atom. The summed E-state index contributed by atoms with van der Waals surface area (Å²) in [5.74, 6) is -0.540. The Morgan fingerprint density at radius 3 is 2.57 bits per heavy atom. The topological polar surface area (TPSA) is 80.8 Å². The van der Waals surface area contributed by atoms with Gasteiger partial charge in [0.1, 0.15) is 0 Å². The number of hydrogen-bond acceptors (Lipinski definition) is 6. The number of carbonyl (C=O) groups excluding carboxylic acids is 2. The van der Waals surface area contributed by atoms with Crippen LogP contribution in [0.4, 0.5) is 4.79 Å². The lowest BCUT2D eigenvalue weighted by Gasteiger charge is -2.31. The zero-order valence-electron chi connectivity index (χ0n) is 14.5. The maximum atomic E-state index is 12.3. The highest BCUT2D eigenvalue weighted by Gasteiger charge is 2.32. The van der Waals surface area contributed by atoms with Crippen molar-refractivity contribution in [3.63, 3.8) is 0 Å². The molecule has 1 aromatic rings. The van der Waals surface area contributed by atoms with E-state index < -0.39 is 23.7 Å². The lowest BCUT2D eigenvalue weighted by atomic mass is 10.1. The van der Waals surface area contributed by atoms with Gasteiger partial charge >= 0.3 is 12.0 Å². The van der Waals surface area contributed by atoms with Gasteiger partial charge in [-0.2, -0.15) is 0 Å². The van der Waals surface area contributed by atoms with Crippen molar-refractivity contribution in [1.82, 2.24) is 15.2 Å². The third kappa shape index (κ3) is 6.54. The number of amides is 2. The van der Waals surface area contributed by atoms with Crippen molar-refractivity contribution in [3.05, 3.63) is 16.6 Å². The average Bonchev–Trinajstić information content (AvgIpc) is 2.94. The quantitative estimate of drug-likeness (QED) is 0.799. The van der Waals surface area contributed by atoms with Crippen LogP contribution in [0.25, 0.3) is 0 Å². The molecule has 0 saturated carbocycles. The van der Waals surface area contributed by atoms with Gasteiger partial charge in [-0.1, -0.05) is 0 Å². The van der Waals surface area contributed by atoms with E-state index in [2.05, 4.69) is 10.3 Å². The normalized spacial score (nSPS) is 14.0. The van der Waals surface area contributed by atoms with Gasteiger partial charge in [0.2, 0.25) is 0 Å². The first kappa shape index (κ1) is 19.4. The number of thiazole rings is 1. The molecule has 0 saturated heterocycles. The fraction of sp³-hybridized carbons (Fsp3) is 0.667. The van der Waals surface area contributed by atoms with Gasteiger partial charge in [-0.3, -0.25) is 4.98 Å². The molecule has 0 fully saturated rings. The molecule has 0 aliphatic rings. The highest BCUT2D eigenvalue weighted by Crippen LogP contribution is 2.14. The fourth-order valence-electron chi connectivity index (χ4n) is 1.99. The molecule has 0 spiro atoms. The SMILES string of the molecule is COC(=O)[C@@H](NC(=O)N(C)Cc1cncs1)C(C)OC(C)(C)C. The number of hydrogen-bond donors (Lipinski definition) is 1.